The lowest BCUT2D eigenvalue weighted by atomic mass is 9.96. The first-order valence-electron chi connectivity index (χ1n) is 8.55. The van der Waals surface area contributed by atoms with E-state index in [1.807, 2.05) is 24.0 Å². The van der Waals surface area contributed by atoms with Crippen LogP contribution in [0.25, 0.3) is 0 Å². The van der Waals surface area contributed by atoms with Crippen LogP contribution in [-0.4, -0.2) is 73.4 Å². The molecule has 132 valence electrons. The number of aliphatic hydroxyl groups excluding tert-OH is 1. The molecule has 0 unspecified atom stereocenters. The summed E-state index contributed by atoms with van der Waals surface area (Å²) < 4.78 is 5.39. The molecule has 24 heavy (non-hydrogen) atoms. The monoisotopic (exact) mass is 352 g/mol. The number of morpholine rings is 1. The van der Waals surface area contributed by atoms with E-state index in [0.29, 0.717) is 29.6 Å². The van der Waals surface area contributed by atoms with E-state index in [4.69, 9.17) is 16.3 Å². The summed E-state index contributed by atoms with van der Waals surface area (Å²) in [6.45, 7) is 7.63. The number of amides is 1. The number of carbonyl (C=O) groups is 1. The molecule has 3 rings (SSSR count). The Hall–Kier alpha value is -1.14. The number of halogens is 1. The molecule has 5 nitrogen and oxygen atoms in total. The molecule has 1 aromatic rings. The van der Waals surface area contributed by atoms with Crippen molar-refractivity contribution < 1.29 is 14.6 Å². The molecule has 1 aromatic carbocycles. The van der Waals surface area contributed by atoms with Gasteiger partial charge in [-0.05, 0) is 30.5 Å². The van der Waals surface area contributed by atoms with Crippen molar-refractivity contribution in [2.45, 2.75) is 6.92 Å². The zero-order chi connectivity index (χ0) is 17.1. The van der Waals surface area contributed by atoms with E-state index in [-0.39, 0.29) is 18.4 Å². The van der Waals surface area contributed by atoms with Gasteiger partial charge < -0.3 is 14.7 Å². The summed E-state index contributed by atoms with van der Waals surface area (Å²) >= 11 is 6.15. The fraction of sp³-hybridized carbons (Fsp3) is 0.611. The summed E-state index contributed by atoms with van der Waals surface area (Å²) in [4.78, 5) is 17.0. The number of likely N-dealkylation sites (tertiary alicyclic amines) is 1. The molecule has 2 atom stereocenters. The maximum absolute atomic E-state index is 12.8. The van der Waals surface area contributed by atoms with Crippen LogP contribution in [-0.2, 0) is 4.74 Å². The van der Waals surface area contributed by atoms with Crippen molar-refractivity contribution in [3.63, 3.8) is 0 Å². The van der Waals surface area contributed by atoms with Crippen molar-refractivity contribution in [1.29, 1.82) is 0 Å². The molecule has 2 saturated heterocycles. The summed E-state index contributed by atoms with van der Waals surface area (Å²) in [5, 5.41) is 10.3. The Kier molecular flexibility index (Phi) is 5.76. The average molecular weight is 353 g/mol. The highest BCUT2D eigenvalue weighted by Crippen LogP contribution is 2.27. The molecule has 0 radical (unpaired) electrons. The van der Waals surface area contributed by atoms with Gasteiger partial charge in [0.25, 0.3) is 5.91 Å². The van der Waals surface area contributed by atoms with E-state index in [0.717, 1.165) is 38.4 Å². The minimum absolute atomic E-state index is 0.000160. The van der Waals surface area contributed by atoms with E-state index in [9.17, 15) is 9.90 Å². The zero-order valence-corrected chi connectivity index (χ0v) is 14.8. The van der Waals surface area contributed by atoms with Gasteiger partial charge in [-0.1, -0.05) is 17.7 Å². The van der Waals surface area contributed by atoms with Gasteiger partial charge in [-0.2, -0.15) is 0 Å². The van der Waals surface area contributed by atoms with Gasteiger partial charge in [0, 0.05) is 55.8 Å². The van der Waals surface area contributed by atoms with Gasteiger partial charge in [-0.25, -0.2) is 0 Å². The third-order valence-electron chi connectivity index (χ3n) is 5.11. The second kappa shape index (κ2) is 7.83. The largest absolute Gasteiger partial charge is 0.396 e. The van der Waals surface area contributed by atoms with Gasteiger partial charge in [0.15, 0.2) is 0 Å². The predicted octanol–water partition coefficient (Wildman–Crippen LogP) is 1.66. The minimum Gasteiger partial charge on any atom is -0.396 e. The van der Waals surface area contributed by atoms with Crippen molar-refractivity contribution in [2.24, 2.45) is 11.8 Å². The minimum atomic E-state index is -0.000160. The normalized spacial score (nSPS) is 25.2. The number of rotatable bonds is 4. The van der Waals surface area contributed by atoms with Gasteiger partial charge in [-0.15, -0.1) is 0 Å². The van der Waals surface area contributed by atoms with E-state index >= 15 is 0 Å². The van der Waals surface area contributed by atoms with Gasteiger partial charge in [-0.3, -0.25) is 9.69 Å². The van der Waals surface area contributed by atoms with Gasteiger partial charge in [0.05, 0.1) is 13.2 Å². The SMILES string of the molecule is Cc1ccc(C(=O)N2C[C@@H](CN3CCOCC3)[C@@H](CO)C2)cc1Cl. The van der Waals surface area contributed by atoms with Crippen molar-refractivity contribution in [3.8, 4) is 0 Å². The molecule has 2 heterocycles. The highest BCUT2D eigenvalue weighted by molar-refractivity contribution is 6.31. The first kappa shape index (κ1) is 17.7. The Morgan fingerprint density at radius 3 is 2.67 bits per heavy atom. The molecule has 1 amide bonds. The smallest absolute Gasteiger partial charge is 0.253 e. The lowest BCUT2D eigenvalue weighted by Gasteiger charge is -2.30. The fourth-order valence-corrected chi connectivity index (χ4v) is 3.72. The molecule has 6 heteroatoms. The Balaban J connectivity index is 1.66. The molecule has 0 bridgehead atoms. The lowest BCUT2D eigenvalue weighted by Crippen LogP contribution is -2.41. The van der Waals surface area contributed by atoms with Crippen LogP contribution in [0.1, 0.15) is 15.9 Å². The van der Waals surface area contributed by atoms with E-state index < -0.39 is 0 Å². The maximum atomic E-state index is 12.8. The number of carbonyl (C=O) groups excluding carboxylic acids is 1. The molecule has 0 saturated carbocycles. The fourth-order valence-electron chi connectivity index (χ4n) is 3.54. The van der Waals surface area contributed by atoms with Crippen LogP contribution in [0, 0.1) is 18.8 Å². The predicted molar refractivity (Wildman–Crippen MR) is 93.4 cm³/mol. The molecule has 2 fully saturated rings. The summed E-state index contributed by atoms with van der Waals surface area (Å²) in [6, 6.07) is 5.44. The summed E-state index contributed by atoms with van der Waals surface area (Å²) in [6.07, 6.45) is 0. The van der Waals surface area contributed by atoms with Crippen LogP contribution in [0.15, 0.2) is 18.2 Å². The second-order valence-electron chi connectivity index (χ2n) is 6.79. The number of nitrogens with zero attached hydrogens (tertiary/aromatic N) is 2. The second-order valence-corrected chi connectivity index (χ2v) is 7.20. The summed E-state index contributed by atoms with van der Waals surface area (Å²) in [5.74, 6) is 0.440. The van der Waals surface area contributed by atoms with Crippen LogP contribution in [0.5, 0.6) is 0 Å². The first-order chi connectivity index (χ1) is 11.6. The summed E-state index contributed by atoms with van der Waals surface area (Å²) in [5.41, 5.74) is 1.59. The molecular formula is C18H25ClN2O3. The highest BCUT2D eigenvalue weighted by Gasteiger charge is 2.36. The van der Waals surface area contributed by atoms with Crippen LogP contribution in [0.3, 0.4) is 0 Å². The molecule has 1 N–H and O–H groups in total. The third kappa shape index (κ3) is 3.91. The number of aryl methyl sites for hydroxylation is 1. The molecule has 0 aromatic heterocycles. The molecule has 0 aliphatic carbocycles. The number of hydrogen-bond acceptors (Lipinski definition) is 4. The number of ether oxygens (including phenoxy) is 1. The first-order valence-corrected chi connectivity index (χ1v) is 8.92. The summed E-state index contributed by atoms with van der Waals surface area (Å²) in [7, 11) is 0. The number of benzene rings is 1. The number of hydrogen-bond donors (Lipinski definition) is 1. The standard InChI is InChI=1S/C18H25ClN2O3/c1-13-2-3-14(8-17(13)19)18(23)21-10-15(16(11-21)12-22)9-20-4-6-24-7-5-20/h2-3,8,15-16,22H,4-7,9-12H2,1H3/t15-,16-/m1/s1. The van der Waals surface area contributed by atoms with Gasteiger partial charge in [0.2, 0.25) is 0 Å². The van der Waals surface area contributed by atoms with Crippen LogP contribution in [0.2, 0.25) is 5.02 Å². The Labute approximate surface area is 148 Å². The van der Waals surface area contributed by atoms with E-state index in [2.05, 4.69) is 4.90 Å². The Morgan fingerprint density at radius 1 is 1.29 bits per heavy atom. The van der Waals surface area contributed by atoms with Crippen LogP contribution < -0.4 is 0 Å². The van der Waals surface area contributed by atoms with Crippen molar-refractivity contribution in [1.82, 2.24) is 9.80 Å². The molecular weight excluding hydrogens is 328 g/mol. The number of aliphatic hydroxyl groups is 1. The Morgan fingerprint density at radius 2 is 2.00 bits per heavy atom. The van der Waals surface area contributed by atoms with Crippen LogP contribution in [0.4, 0.5) is 0 Å². The topological polar surface area (TPSA) is 53.0 Å². The van der Waals surface area contributed by atoms with E-state index in [1.165, 1.54) is 0 Å². The van der Waals surface area contributed by atoms with Crippen LogP contribution >= 0.6 is 11.6 Å². The third-order valence-corrected chi connectivity index (χ3v) is 5.52. The zero-order valence-electron chi connectivity index (χ0n) is 14.1. The lowest BCUT2D eigenvalue weighted by molar-refractivity contribution is 0.0264. The molecule has 2 aliphatic heterocycles. The quantitative estimate of drug-likeness (QED) is 0.895. The van der Waals surface area contributed by atoms with Gasteiger partial charge in [0.1, 0.15) is 0 Å². The highest BCUT2D eigenvalue weighted by atomic mass is 35.5. The average Bonchev–Trinajstić information content (AvgIpc) is 3.00. The Bertz CT molecular complexity index is 590. The maximum Gasteiger partial charge on any atom is 0.253 e. The molecule has 2 aliphatic rings. The molecule has 0 spiro atoms. The van der Waals surface area contributed by atoms with E-state index in [1.54, 1.807) is 6.07 Å². The van der Waals surface area contributed by atoms with Crippen molar-refractivity contribution in [2.75, 3.05) is 52.5 Å². The van der Waals surface area contributed by atoms with Crippen molar-refractivity contribution >= 4 is 17.5 Å². The van der Waals surface area contributed by atoms with Gasteiger partial charge >= 0.3 is 0 Å². The van der Waals surface area contributed by atoms with Crippen molar-refractivity contribution in [3.05, 3.63) is 34.3 Å².